The topological polar surface area (TPSA) is 89.9 Å². The van der Waals surface area contributed by atoms with E-state index in [0.717, 1.165) is 6.08 Å². The summed E-state index contributed by atoms with van der Waals surface area (Å²) in [6.07, 6.45) is 0.305. The molecule has 0 amide bonds. The fourth-order valence-electron chi connectivity index (χ4n) is 2.63. The van der Waals surface area contributed by atoms with Gasteiger partial charge >= 0.3 is 11.9 Å². The molecule has 0 saturated heterocycles. The van der Waals surface area contributed by atoms with Crippen molar-refractivity contribution in [2.24, 2.45) is 0 Å². The van der Waals surface area contributed by atoms with Gasteiger partial charge in [0.2, 0.25) is 0 Å². The molecule has 0 aliphatic heterocycles. The van der Waals surface area contributed by atoms with Gasteiger partial charge in [0.15, 0.2) is 5.78 Å². The van der Waals surface area contributed by atoms with E-state index in [4.69, 9.17) is 9.47 Å². The van der Waals surface area contributed by atoms with Gasteiger partial charge in [-0.1, -0.05) is 49.0 Å². The highest BCUT2D eigenvalue weighted by atomic mass is 16.6. The van der Waals surface area contributed by atoms with E-state index in [9.17, 15) is 19.5 Å². The molecule has 6 heteroatoms. The third kappa shape index (κ3) is 5.37. The molecule has 2 aromatic rings. The SMILES string of the molecule is C=CC(=O)OC(CO)CCOC(=O)c1cccc(C)c1C(=O)c1ccccc1. The van der Waals surface area contributed by atoms with Gasteiger partial charge in [-0.15, -0.1) is 0 Å². The number of hydrogen-bond acceptors (Lipinski definition) is 6. The number of aryl methyl sites for hydroxylation is 1. The summed E-state index contributed by atoms with van der Waals surface area (Å²) in [6.45, 7) is 4.55. The number of hydrogen-bond donors (Lipinski definition) is 1. The van der Waals surface area contributed by atoms with E-state index >= 15 is 0 Å². The summed E-state index contributed by atoms with van der Waals surface area (Å²) in [4.78, 5) is 36.6. The van der Waals surface area contributed by atoms with Gasteiger partial charge in [0, 0.05) is 23.6 Å². The molecular weight excluding hydrogens is 360 g/mol. The first-order chi connectivity index (χ1) is 13.5. The third-order valence-electron chi connectivity index (χ3n) is 4.08. The van der Waals surface area contributed by atoms with E-state index in [0.29, 0.717) is 11.1 Å². The van der Waals surface area contributed by atoms with Crippen molar-refractivity contribution in [2.45, 2.75) is 19.4 Å². The molecule has 1 N–H and O–H groups in total. The molecule has 28 heavy (non-hydrogen) atoms. The predicted molar refractivity (Wildman–Crippen MR) is 103 cm³/mol. The molecule has 0 fully saturated rings. The molecule has 0 heterocycles. The van der Waals surface area contributed by atoms with E-state index in [2.05, 4.69) is 6.58 Å². The van der Waals surface area contributed by atoms with Crippen molar-refractivity contribution in [3.05, 3.63) is 83.4 Å². The van der Waals surface area contributed by atoms with Gasteiger partial charge in [-0.25, -0.2) is 9.59 Å². The quantitative estimate of drug-likeness (QED) is 0.407. The number of ether oxygens (including phenoxy) is 2. The van der Waals surface area contributed by atoms with Crippen LogP contribution < -0.4 is 0 Å². The van der Waals surface area contributed by atoms with Crippen LogP contribution in [0, 0.1) is 6.92 Å². The minimum Gasteiger partial charge on any atom is -0.462 e. The van der Waals surface area contributed by atoms with Crippen LogP contribution in [0.5, 0.6) is 0 Å². The summed E-state index contributed by atoms with van der Waals surface area (Å²) in [5.74, 6) is -1.59. The van der Waals surface area contributed by atoms with E-state index in [-0.39, 0.29) is 29.9 Å². The molecule has 146 valence electrons. The van der Waals surface area contributed by atoms with Gasteiger partial charge in [0.25, 0.3) is 0 Å². The Morgan fingerprint density at radius 1 is 1.11 bits per heavy atom. The van der Waals surface area contributed by atoms with Gasteiger partial charge < -0.3 is 14.6 Å². The Labute approximate surface area is 163 Å². The van der Waals surface area contributed by atoms with Gasteiger partial charge in [-0.05, 0) is 18.6 Å². The number of carbonyl (C=O) groups is 3. The van der Waals surface area contributed by atoms with Crippen molar-refractivity contribution < 1.29 is 29.0 Å². The van der Waals surface area contributed by atoms with Crippen molar-refractivity contribution in [3.8, 4) is 0 Å². The van der Waals surface area contributed by atoms with Crippen LogP contribution in [-0.2, 0) is 14.3 Å². The minimum atomic E-state index is -0.804. The summed E-state index contributed by atoms with van der Waals surface area (Å²) in [5.41, 5.74) is 1.59. The summed E-state index contributed by atoms with van der Waals surface area (Å²) in [7, 11) is 0. The van der Waals surface area contributed by atoms with Crippen LogP contribution in [0.4, 0.5) is 0 Å². The second-order valence-corrected chi connectivity index (χ2v) is 6.06. The fraction of sp³-hybridized carbons (Fsp3) is 0.227. The number of carbonyl (C=O) groups excluding carboxylic acids is 3. The van der Waals surface area contributed by atoms with Crippen LogP contribution in [0.25, 0.3) is 0 Å². The monoisotopic (exact) mass is 382 g/mol. The van der Waals surface area contributed by atoms with Crippen LogP contribution in [0.3, 0.4) is 0 Å². The highest BCUT2D eigenvalue weighted by Gasteiger charge is 2.22. The lowest BCUT2D eigenvalue weighted by Gasteiger charge is -2.15. The second-order valence-electron chi connectivity index (χ2n) is 6.06. The maximum atomic E-state index is 12.9. The molecule has 1 unspecified atom stereocenters. The Morgan fingerprint density at radius 2 is 1.82 bits per heavy atom. The molecule has 0 radical (unpaired) electrons. The van der Waals surface area contributed by atoms with Gasteiger partial charge in [-0.2, -0.15) is 0 Å². The summed E-state index contributed by atoms with van der Waals surface area (Å²) in [5, 5.41) is 9.24. The first kappa shape index (κ1) is 21.1. The molecule has 2 aromatic carbocycles. The molecule has 0 bridgehead atoms. The van der Waals surface area contributed by atoms with Crippen molar-refractivity contribution in [2.75, 3.05) is 13.2 Å². The van der Waals surface area contributed by atoms with E-state index < -0.39 is 24.6 Å². The van der Waals surface area contributed by atoms with Gasteiger partial charge in [0.05, 0.1) is 18.8 Å². The van der Waals surface area contributed by atoms with Crippen LogP contribution in [-0.4, -0.2) is 42.1 Å². The number of aliphatic hydroxyl groups excluding tert-OH is 1. The Balaban J connectivity index is 2.11. The number of ketones is 1. The van der Waals surface area contributed by atoms with E-state index in [1.54, 1.807) is 49.4 Å². The zero-order valence-corrected chi connectivity index (χ0v) is 15.6. The fourth-order valence-corrected chi connectivity index (χ4v) is 2.63. The van der Waals surface area contributed by atoms with E-state index in [1.165, 1.54) is 6.07 Å². The van der Waals surface area contributed by atoms with Crippen LogP contribution >= 0.6 is 0 Å². The van der Waals surface area contributed by atoms with Crippen molar-refractivity contribution in [3.63, 3.8) is 0 Å². The zero-order chi connectivity index (χ0) is 20.5. The molecule has 6 nitrogen and oxygen atoms in total. The van der Waals surface area contributed by atoms with Crippen molar-refractivity contribution in [1.82, 2.24) is 0 Å². The highest BCUT2D eigenvalue weighted by Crippen LogP contribution is 2.20. The smallest absolute Gasteiger partial charge is 0.338 e. The first-order valence-corrected chi connectivity index (χ1v) is 8.78. The highest BCUT2D eigenvalue weighted by molar-refractivity contribution is 6.15. The predicted octanol–water partition coefficient (Wildman–Crippen LogP) is 2.86. The number of benzene rings is 2. The van der Waals surface area contributed by atoms with E-state index in [1.807, 2.05) is 0 Å². The molecular formula is C22H22O6. The minimum absolute atomic E-state index is 0.0820. The lowest BCUT2D eigenvalue weighted by Crippen LogP contribution is -2.24. The largest absolute Gasteiger partial charge is 0.462 e. The lowest BCUT2D eigenvalue weighted by molar-refractivity contribution is -0.145. The summed E-state index contributed by atoms with van der Waals surface area (Å²) < 4.78 is 10.2. The molecule has 2 rings (SSSR count). The zero-order valence-electron chi connectivity index (χ0n) is 15.6. The molecule has 0 aromatic heterocycles. The summed E-state index contributed by atoms with van der Waals surface area (Å²) in [6, 6.07) is 13.6. The average molecular weight is 382 g/mol. The van der Waals surface area contributed by atoms with Gasteiger partial charge in [0.1, 0.15) is 6.10 Å². The number of aliphatic hydroxyl groups is 1. The summed E-state index contributed by atoms with van der Waals surface area (Å²) >= 11 is 0. The number of rotatable bonds is 9. The maximum Gasteiger partial charge on any atom is 0.338 e. The molecule has 0 saturated carbocycles. The molecule has 1 atom stereocenters. The first-order valence-electron chi connectivity index (χ1n) is 8.78. The Morgan fingerprint density at radius 3 is 2.46 bits per heavy atom. The molecule has 0 spiro atoms. The standard InChI is InChI=1S/C22H22O6/c1-3-19(24)28-17(14-23)12-13-27-22(26)18-11-7-8-15(2)20(18)21(25)16-9-5-4-6-10-16/h3-11,17,23H,1,12-14H2,2H3. The van der Waals surface area contributed by atoms with Crippen LogP contribution in [0.15, 0.2) is 61.2 Å². The molecule has 0 aliphatic rings. The molecule has 0 aliphatic carbocycles. The van der Waals surface area contributed by atoms with Gasteiger partial charge in [-0.3, -0.25) is 4.79 Å². The third-order valence-corrected chi connectivity index (χ3v) is 4.08. The normalized spacial score (nSPS) is 11.4. The Kier molecular flexibility index (Phi) is 7.65. The van der Waals surface area contributed by atoms with Crippen LogP contribution in [0.1, 0.15) is 38.3 Å². The van der Waals surface area contributed by atoms with Crippen molar-refractivity contribution in [1.29, 1.82) is 0 Å². The van der Waals surface area contributed by atoms with Crippen molar-refractivity contribution >= 4 is 17.7 Å². The lowest BCUT2D eigenvalue weighted by atomic mass is 9.94. The van der Waals surface area contributed by atoms with Crippen LogP contribution in [0.2, 0.25) is 0 Å². The second kappa shape index (κ2) is 10.2. The average Bonchev–Trinajstić information content (AvgIpc) is 2.72. The number of esters is 2. The Hall–Kier alpha value is -3.25. The maximum absolute atomic E-state index is 12.9. The Bertz CT molecular complexity index is 857.